The Morgan fingerprint density at radius 1 is 1.09 bits per heavy atom. The van der Waals surface area contributed by atoms with Gasteiger partial charge in [-0.2, -0.15) is 5.10 Å². The van der Waals surface area contributed by atoms with Crippen LogP contribution in [0.4, 0.5) is 4.39 Å². The van der Waals surface area contributed by atoms with Crippen molar-refractivity contribution in [3.63, 3.8) is 0 Å². The molecule has 0 radical (unpaired) electrons. The molecule has 4 aromatic rings. The number of hydrogen-bond acceptors (Lipinski definition) is 7. The van der Waals surface area contributed by atoms with Gasteiger partial charge >= 0.3 is 0 Å². The Kier molecular flexibility index (Phi) is 7.88. The number of carbonyl (C=O) groups excluding carboxylic acids is 2. The molecular weight excluding hydrogens is 589 g/mol. The number of nitrogens with one attached hydrogen (secondary N) is 1. The van der Waals surface area contributed by atoms with Crippen molar-refractivity contribution in [1.29, 1.82) is 0 Å². The van der Waals surface area contributed by atoms with Crippen LogP contribution in [0.5, 0.6) is 11.6 Å². The molecule has 3 saturated carbocycles. The van der Waals surface area contributed by atoms with Crippen molar-refractivity contribution < 1.29 is 28.6 Å². The Morgan fingerprint density at radius 2 is 1.85 bits per heavy atom. The molecule has 4 N–H and O–H groups in total. The van der Waals surface area contributed by atoms with Crippen LogP contribution >= 0.6 is 0 Å². The first-order valence-corrected chi connectivity index (χ1v) is 16.1. The minimum absolute atomic E-state index is 0.118. The van der Waals surface area contributed by atoms with Crippen LogP contribution in [-0.2, 0) is 16.8 Å². The van der Waals surface area contributed by atoms with Gasteiger partial charge in [0.1, 0.15) is 29.0 Å². The second kappa shape index (κ2) is 12.0. The van der Waals surface area contributed by atoms with E-state index in [-0.39, 0.29) is 36.6 Å². The summed E-state index contributed by atoms with van der Waals surface area (Å²) in [5, 5.41) is 20.1. The summed E-state index contributed by atoms with van der Waals surface area (Å²) < 4.78 is 27.7. The van der Waals surface area contributed by atoms with E-state index < -0.39 is 17.3 Å². The molecule has 2 amide bonds. The van der Waals surface area contributed by atoms with Crippen molar-refractivity contribution in [2.24, 2.45) is 11.7 Å². The van der Waals surface area contributed by atoms with Gasteiger partial charge in [-0.15, -0.1) is 0 Å². The van der Waals surface area contributed by atoms with E-state index in [9.17, 15) is 19.1 Å². The first-order valence-electron chi connectivity index (χ1n) is 16.1. The third-order valence-electron chi connectivity index (χ3n) is 9.18. The van der Waals surface area contributed by atoms with Gasteiger partial charge in [0.25, 0.3) is 5.91 Å². The highest BCUT2D eigenvalue weighted by molar-refractivity contribution is 5.95. The summed E-state index contributed by atoms with van der Waals surface area (Å²) in [6.07, 6.45) is 6.54. The lowest BCUT2D eigenvalue weighted by Crippen LogP contribution is -2.49. The topological polar surface area (TPSA) is 141 Å². The van der Waals surface area contributed by atoms with E-state index in [2.05, 4.69) is 5.32 Å². The van der Waals surface area contributed by atoms with Gasteiger partial charge in [0, 0.05) is 28.7 Å². The maximum atomic E-state index is 13.9. The maximum Gasteiger partial charge on any atom is 0.251 e. The van der Waals surface area contributed by atoms with Crippen LogP contribution in [-0.4, -0.2) is 50.8 Å². The summed E-state index contributed by atoms with van der Waals surface area (Å²) in [7, 11) is 0. The van der Waals surface area contributed by atoms with E-state index in [4.69, 9.17) is 25.3 Å². The number of aromatic nitrogens is 3. The lowest BCUT2D eigenvalue weighted by molar-refractivity contribution is -0.117. The summed E-state index contributed by atoms with van der Waals surface area (Å²) in [6.45, 7) is 1.98. The van der Waals surface area contributed by atoms with Crippen LogP contribution in [0.1, 0.15) is 85.1 Å². The number of halogens is 1. The van der Waals surface area contributed by atoms with Gasteiger partial charge in [0.05, 0.1) is 36.5 Å². The average Bonchev–Trinajstić information content (AvgIpc) is 3.95. The van der Waals surface area contributed by atoms with Crippen molar-refractivity contribution in [3.8, 4) is 22.9 Å². The van der Waals surface area contributed by atoms with Crippen molar-refractivity contribution in [1.82, 2.24) is 19.9 Å². The van der Waals surface area contributed by atoms with Crippen molar-refractivity contribution in [2.75, 3.05) is 13.2 Å². The molecule has 0 aliphatic heterocycles. The molecule has 10 nitrogen and oxygen atoms in total. The highest BCUT2D eigenvalue weighted by Gasteiger charge is 2.44. The van der Waals surface area contributed by atoms with Crippen molar-refractivity contribution in [3.05, 3.63) is 76.9 Å². The fourth-order valence-electron chi connectivity index (χ4n) is 6.12. The molecule has 3 fully saturated rings. The molecule has 1 aromatic carbocycles. The van der Waals surface area contributed by atoms with Gasteiger partial charge in [-0.25, -0.2) is 13.9 Å². The zero-order valence-electron chi connectivity index (χ0n) is 25.8. The van der Waals surface area contributed by atoms with Crippen molar-refractivity contribution >= 4 is 17.3 Å². The number of nitrogens with zero attached hydrogens (tertiary/aromatic N) is 3. The van der Waals surface area contributed by atoms with Gasteiger partial charge < -0.3 is 25.6 Å². The Hall–Kier alpha value is -4.51. The fraction of sp³-hybridized carbons (Fsp3) is 0.429. The third kappa shape index (κ3) is 6.03. The summed E-state index contributed by atoms with van der Waals surface area (Å²) in [4.78, 5) is 30.7. The molecule has 240 valence electrons. The number of primary amides is 1. The summed E-state index contributed by atoms with van der Waals surface area (Å²) >= 11 is 0. The highest BCUT2D eigenvalue weighted by atomic mass is 19.1. The smallest absolute Gasteiger partial charge is 0.251 e. The Labute approximate surface area is 266 Å². The maximum absolute atomic E-state index is 13.9. The SMILES string of the molecule is CCOc1c(CC(N)=O)cc([C@@](O)(CNC(=O)c2cc(OC3CC3)n3nc(C4CC4)cc3c2)C2CCC2)nc1-c1ccc(F)cc1. The molecule has 0 spiro atoms. The number of amides is 2. The van der Waals surface area contributed by atoms with Crippen molar-refractivity contribution in [2.45, 2.75) is 75.9 Å². The monoisotopic (exact) mass is 627 g/mol. The summed E-state index contributed by atoms with van der Waals surface area (Å²) in [5.41, 5.74) is 7.92. The minimum Gasteiger partial charge on any atom is -0.491 e. The third-order valence-corrected chi connectivity index (χ3v) is 9.18. The second-order valence-corrected chi connectivity index (χ2v) is 12.7. The second-order valence-electron chi connectivity index (χ2n) is 12.7. The first-order chi connectivity index (χ1) is 22.2. The first kappa shape index (κ1) is 30.2. The predicted octanol–water partition coefficient (Wildman–Crippen LogP) is 4.80. The lowest BCUT2D eigenvalue weighted by atomic mass is 9.70. The molecule has 46 heavy (non-hydrogen) atoms. The number of pyridine rings is 2. The van der Waals surface area contributed by atoms with Crippen LogP contribution in [0.25, 0.3) is 16.8 Å². The number of ether oxygens (including phenoxy) is 2. The van der Waals surface area contributed by atoms with E-state index in [0.29, 0.717) is 46.5 Å². The molecule has 0 bridgehead atoms. The molecule has 11 heteroatoms. The van der Waals surface area contributed by atoms with Crippen LogP contribution in [0, 0.1) is 11.7 Å². The Bertz CT molecular complexity index is 1800. The van der Waals surface area contributed by atoms with Gasteiger partial charge in [-0.3, -0.25) is 9.59 Å². The van der Waals surface area contributed by atoms with E-state index >= 15 is 0 Å². The van der Waals surface area contributed by atoms with E-state index in [1.807, 2.05) is 13.0 Å². The molecule has 0 unspecified atom stereocenters. The van der Waals surface area contributed by atoms with Crippen LogP contribution in [0.2, 0.25) is 0 Å². The van der Waals surface area contributed by atoms with Gasteiger partial charge in [-0.05, 0) is 93.8 Å². The number of rotatable bonds is 13. The van der Waals surface area contributed by atoms with Gasteiger partial charge in [0.2, 0.25) is 11.8 Å². The van der Waals surface area contributed by atoms with Gasteiger partial charge in [0.15, 0.2) is 0 Å². The van der Waals surface area contributed by atoms with Crippen LogP contribution in [0.15, 0.2) is 48.5 Å². The van der Waals surface area contributed by atoms with Crippen LogP contribution < -0.4 is 20.5 Å². The van der Waals surface area contributed by atoms with E-state index in [1.165, 1.54) is 12.1 Å². The largest absolute Gasteiger partial charge is 0.491 e. The Balaban J connectivity index is 1.24. The van der Waals surface area contributed by atoms with Gasteiger partial charge in [-0.1, -0.05) is 6.42 Å². The number of nitrogens with two attached hydrogens (primary N) is 1. The molecule has 7 rings (SSSR count). The number of benzene rings is 1. The summed E-state index contributed by atoms with van der Waals surface area (Å²) in [5.74, 6) is -0.214. The molecule has 3 heterocycles. The number of fused-ring (bicyclic) bond motifs is 1. The fourth-order valence-corrected chi connectivity index (χ4v) is 6.12. The quantitative estimate of drug-likeness (QED) is 0.193. The zero-order valence-corrected chi connectivity index (χ0v) is 25.8. The lowest BCUT2D eigenvalue weighted by Gasteiger charge is -2.41. The molecule has 3 aromatic heterocycles. The molecular formula is C35H38FN5O5. The molecule has 3 aliphatic rings. The molecule has 0 saturated heterocycles. The average molecular weight is 628 g/mol. The van der Waals surface area contributed by atoms with E-state index in [0.717, 1.165) is 56.2 Å². The summed E-state index contributed by atoms with van der Waals surface area (Å²) in [6, 6.07) is 12.9. The standard InChI is InChI=1S/C35H38FN5O5/c1-2-45-33-22(16-30(37)42)15-29(39-32(33)21-8-10-25(36)11-9-21)35(44,24-4-3-5-24)19-38-34(43)23-14-26-18-28(20-6-7-20)40-41(26)31(17-23)46-27-12-13-27/h8-11,14-15,17-18,20,24,27,44H,2-7,12-13,16,19H2,1H3,(H2,37,42)(H,38,43)/t35-/m1/s1. The number of aliphatic hydroxyl groups is 1. The highest BCUT2D eigenvalue weighted by Crippen LogP contribution is 2.44. The van der Waals surface area contributed by atoms with E-state index in [1.54, 1.807) is 34.8 Å². The number of hydrogen-bond donors (Lipinski definition) is 3. The minimum atomic E-state index is -1.56. The van der Waals surface area contributed by atoms with Crippen LogP contribution in [0.3, 0.4) is 0 Å². The Morgan fingerprint density at radius 3 is 2.48 bits per heavy atom. The zero-order chi connectivity index (χ0) is 32.0. The normalized spacial score (nSPS) is 17.7. The number of carbonyl (C=O) groups is 2. The molecule has 3 aliphatic carbocycles. The predicted molar refractivity (Wildman–Crippen MR) is 168 cm³/mol. The molecule has 1 atom stereocenters.